The zero-order valence-electron chi connectivity index (χ0n) is 11.8. The fourth-order valence-corrected chi connectivity index (χ4v) is 2.06. The molecule has 0 aliphatic heterocycles. The van der Waals surface area contributed by atoms with E-state index in [4.69, 9.17) is 9.47 Å². The van der Waals surface area contributed by atoms with Crippen LogP contribution < -0.4 is 9.47 Å². The second-order valence-electron chi connectivity index (χ2n) is 4.73. The highest BCUT2D eigenvalue weighted by Gasteiger charge is 2.10. The van der Waals surface area contributed by atoms with Gasteiger partial charge in [0.1, 0.15) is 11.5 Å². The fraction of sp³-hybridized carbons (Fsp3) is 0.0526. The van der Waals surface area contributed by atoms with Crippen LogP contribution in [0.4, 0.5) is 0 Å². The number of ether oxygens (including phenoxy) is 2. The van der Waals surface area contributed by atoms with E-state index in [0.717, 1.165) is 22.8 Å². The van der Waals surface area contributed by atoms with E-state index in [1.807, 2.05) is 85.8 Å². The van der Waals surface area contributed by atoms with Gasteiger partial charge in [0, 0.05) is 0 Å². The van der Waals surface area contributed by atoms with Crippen LogP contribution in [0, 0.1) is 6.92 Å². The van der Waals surface area contributed by atoms with Gasteiger partial charge in [0.15, 0.2) is 11.5 Å². The predicted molar refractivity (Wildman–Crippen MR) is 84.2 cm³/mol. The highest BCUT2D eigenvalue weighted by Crippen LogP contribution is 2.37. The summed E-state index contributed by atoms with van der Waals surface area (Å²) in [5.41, 5.74) is 1.03. The number of para-hydroxylation sites is 3. The maximum atomic E-state index is 5.99. The van der Waals surface area contributed by atoms with Gasteiger partial charge in [-0.1, -0.05) is 48.5 Å². The topological polar surface area (TPSA) is 18.5 Å². The van der Waals surface area contributed by atoms with Crippen molar-refractivity contribution in [3.05, 3.63) is 84.4 Å². The van der Waals surface area contributed by atoms with E-state index in [9.17, 15) is 0 Å². The van der Waals surface area contributed by atoms with E-state index >= 15 is 0 Å². The number of rotatable bonds is 4. The van der Waals surface area contributed by atoms with Crippen LogP contribution >= 0.6 is 0 Å². The quantitative estimate of drug-likeness (QED) is 0.619. The van der Waals surface area contributed by atoms with Crippen LogP contribution in [0.1, 0.15) is 5.56 Å². The van der Waals surface area contributed by atoms with Crippen molar-refractivity contribution in [2.45, 2.75) is 6.92 Å². The van der Waals surface area contributed by atoms with E-state index in [-0.39, 0.29) is 0 Å². The average molecular weight is 276 g/mol. The summed E-state index contributed by atoms with van der Waals surface area (Å²) >= 11 is 0. The summed E-state index contributed by atoms with van der Waals surface area (Å²) in [4.78, 5) is 0. The average Bonchev–Trinajstić information content (AvgIpc) is 2.53. The fourth-order valence-electron chi connectivity index (χ4n) is 2.06. The van der Waals surface area contributed by atoms with Gasteiger partial charge in [-0.2, -0.15) is 0 Å². The zero-order valence-corrected chi connectivity index (χ0v) is 11.8. The highest BCUT2D eigenvalue weighted by atomic mass is 16.5. The third-order valence-corrected chi connectivity index (χ3v) is 3.11. The van der Waals surface area contributed by atoms with Gasteiger partial charge >= 0.3 is 0 Å². The summed E-state index contributed by atoms with van der Waals surface area (Å²) < 4.78 is 11.9. The van der Waals surface area contributed by atoms with Crippen molar-refractivity contribution in [2.75, 3.05) is 0 Å². The lowest BCUT2D eigenvalue weighted by Crippen LogP contribution is -1.92. The van der Waals surface area contributed by atoms with Gasteiger partial charge in [0.05, 0.1) is 0 Å². The molecule has 2 nitrogen and oxygen atoms in total. The molecule has 0 atom stereocenters. The van der Waals surface area contributed by atoms with Crippen LogP contribution in [0.3, 0.4) is 0 Å². The smallest absolute Gasteiger partial charge is 0.172 e. The molecule has 0 amide bonds. The standard InChI is InChI=1S/C19H16O2/c1-15-9-8-14-18(20-16-10-4-2-5-11-16)19(15)21-17-12-6-3-7-13-17/h2-14H,1H3. The van der Waals surface area contributed by atoms with Crippen molar-refractivity contribution in [3.8, 4) is 23.0 Å². The first-order valence-corrected chi connectivity index (χ1v) is 6.88. The summed E-state index contributed by atoms with van der Waals surface area (Å²) in [5, 5.41) is 0. The Kier molecular flexibility index (Phi) is 3.88. The molecule has 0 saturated heterocycles. The van der Waals surface area contributed by atoms with Gasteiger partial charge < -0.3 is 9.47 Å². The first-order chi connectivity index (χ1) is 10.3. The second kappa shape index (κ2) is 6.14. The molecule has 0 aliphatic carbocycles. The van der Waals surface area contributed by atoms with Gasteiger partial charge in [-0.15, -0.1) is 0 Å². The molecule has 0 heterocycles. The van der Waals surface area contributed by atoms with Crippen LogP contribution in [0.25, 0.3) is 0 Å². The summed E-state index contributed by atoms with van der Waals surface area (Å²) in [7, 11) is 0. The molecule has 0 radical (unpaired) electrons. The maximum Gasteiger partial charge on any atom is 0.172 e. The largest absolute Gasteiger partial charge is 0.453 e. The molecule has 0 fully saturated rings. The molecular weight excluding hydrogens is 260 g/mol. The first kappa shape index (κ1) is 13.3. The summed E-state index contributed by atoms with van der Waals surface area (Å²) in [6.45, 7) is 2.01. The number of hydrogen-bond donors (Lipinski definition) is 0. The molecular formula is C19H16O2. The normalized spacial score (nSPS) is 10.1. The summed E-state index contributed by atoms with van der Waals surface area (Å²) in [5.74, 6) is 3.04. The van der Waals surface area contributed by atoms with Gasteiger partial charge in [-0.25, -0.2) is 0 Å². The molecule has 3 aromatic rings. The van der Waals surface area contributed by atoms with E-state index in [1.54, 1.807) is 0 Å². The number of aryl methyl sites for hydroxylation is 1. The van der Waals surface area contributed by atoms with Crippen molar-refractivity contribution in [3.63, 3.8) is 0 Å². The molecule has 2 heteroatoms. The van der Waals surface area contributed by atoms with E-state index in [1.165, 1.54) is 0 Å². The SMILES string of the molecule is Cc1cccc(Oc2ccccc2)c1Oc1ccccc1. The predicted octanol–water partition coefficient (Wildman–Crippen LogP) is 5.58. The molecule has 0 saturated carbocycles. The Balaban J connectivity index is 1.92. The first-order valence-electron chi connectivity index (χ1n) is 6.88. The van der Waals surface area contributed by atoms with Crippen LogP contribution in [0.15, 0.2) is 78.9 Å². The second-order valence-corrected chi connectivity index (χ2v) is 4.73. The van der Waals surface area contributed by atoms with Crippen molar-refractivity contribution in [1.82, 2.24) is 0 Å². The van der Waals surface area contributed by atoms with Crippen LogP contribution in [-0.2, 0) is 0 Å². The molecule has 0 aromatic heterocycles. The Bertz CT molecular complexity index is 706. The Morgan fingerprint density at radius 2 is 1.14 bits per heavy atom. The van der Waals surface area contributed by atoms with Crippen molar-refractivity contribution >= 4 is 0 Å². The molecule has 0 bridgehead atoms. The number of hydrogen-bond acceptors (Lipinski definition) is 2. The van der Waals surface area contributed by atoms with E-state index < -0.39 is 0 Å². The molecule has 0 unspecified atom stereocenters. The molecule has 0 aliphatic rings. The third-order valence-electron chi connectivity index (χ3n) is 3.11. The van der Waals surface area contributed by atoms with Crippen LogP contribution in [-0.4, -0.2) is 0 Å². The minimum Gasteiger partial charge on any atom is -0.453 e. The van der Waals surface area contributed by atoms with Gasteiger partial charge in [-0.05, 0) is 42.8 Å². The molecule has 0 N–H and O–H groups in total. The van der Waals surface area contributed by atoms with Gasteiger partial charge in [-0.3, -0.25) is 0 Å². The lowest BCUT2D eigenvalue weighted by atomic mass is 10.2. The van der Waals surface area contributed by atoms with Gasteiger partial charge in [0.2, 0.25) is 0 Å². The Morgan fingerprint density at radius 3 is 1.76 bits per heavy atom. The van der Waals surface area contributed by atoms with Crippen LogP contribution in [0.5, 0.6) is 23.0 Å². The van der Waals surface area contributed by atoms with E-state index in [2.05, 4.69) is 0 Å². The minimum atomic E-state index is 0.713. The van der Waals surface area contributed by atoms with Gasteiger partial charge in [0.25, 0.3) is 0 Å². The molecule has 3 rings (SSSR count). The lowest BCUT2D eigenvalue weighted by Gasteiger charge is -2.14. The third kappa shape index (κ3) is 3.23. The summed E-state index contributed by atoms with van der Waals surface area (Å²) in [6, 6.07) is 25.3. The van der Waals surface area contributed by atoms with E-state index in [0.29, 0.717) is 5.75 Å². The minimum absolute atomic E-state index is 0.713. The number of benzene rings is 3. The highest BCUT2D eigenvalue weighted by molar-refractivity contribution is 5.50. The Labute approximate surface area is 124 Å². The van der Waals surface area contributed by atoms with Crippen molar-refractivity contribution < 1.29 is 9.47 Å². The Hall–Kier alpha value is -2.74. The Morgan fingerprint density at radius 1 is 0.571 bits per heavy atom. The molecule has 104 valence electrons. The van der Waals surface area contributed by atoms with Crippen LogP contribution in [0.2, 0.25) is 0 Å². The van der Waals surface area contributed by atoms with Crippen molar-refractivity contribution in [1.29, 1.82) is 0 Å². The lowest BCUT2D eigenvalue weighted by molar-refractivity contribution is 0.416. The summed E-state index contributed by atoms with van der Waals surface area (Å²) in [6.07, 6.45) is 0. The molecule has 21 heavy (non-hydrogen) atoms. The monoisotopic (exact) mass is 276 g/mol. The molecule has 0 spiro atoms. The molecule has 3 aromatic carbocycles. The zero-order chi connectivity index (χ0) is 14.5. The van der Waals surface area contributed by atoms with Crippen molar-refractivity contribution in [2.24, 2.45) is 0 Å². The maximum absolute atomic E-state index is 5.99.